The van der Waals surface area contributed by atoms with Crippen LogP contribution < -0.4 is 4.74 Å². The van der Waals surface area contributed by atoms with E-state index in [1.807, 2.05) is 0 Å². The van der Waals surface area contributed by atoms with Gasteiger partial charge < -0.3 is 14.6 Å². The molecule has 0 saturated heterocycles. The number of hydrogen-bond acceptors (Lipinski definition) is 4. The molecule has 4 aliphatic carbocycles. The van der Waals surface area contributed by atoms with Gasteiger partial charge in [0.2, 0.25) is 0 Å². The third kappa shape index (κ3) is 5.76. The van der Waals surface area contributed by atoms with E-state index >= 15 is 0 Å². The molecule has 0 spiro atoms. The average molecular weight is 551 g/mol. The van der Waals surface area contributed by atoms with Gasteiger partial charge in [0.25, 0.3) is 0 Å². The summed E-state index contributed by atoms with van der Waals surface area (Å²) in [6.07, 6.45) is 16.6. The molecule has 222 valence electrons. The first-order valence-electron chi connectivity index (χ1n) is 16.4. The van der Waals surface area contributed by atoms with Crippen LogP contribution in [0.4, 0.5) is 0 Å². The predicted octanol–water partition coefficient (Wildman–Crippen LogP) is 8.62. The smallest absolute Gasteiger partial charge is 0.338 e. The molecule has 0 bridgehead atoms. The Bertz CT molecular complexity index is 1040. The van der Waals surface area contributed by atoms with Gasteiger partial charge in [-0.3, -0.25) is 0 Å². The molecule has 1 aromatic rings. The van der Waals surface area contributed by atoms with Crippen LogP contribution in [0.2, 0.25) is 0 Å². The van der Waals surface area contributed by atoms with Crippen LogP contribution >= 0.6 is 0 Å². The second kappa shape index (κ2) is 12.2. The molecular weight excluding hydrogens is 496 g/mol. The zero-order chi connectivity index (χ0) is 28.5. The summed E-state index contributed by atoms with van der Waals surface area (Å²) in [5, 5.41) is 8.93. The van der Waals surface area contributed by atoms with Gasteiger partial charge in [0.1, 0.15) is 18.5 Å². The summed E-state index contributed by atoms with van der Waals surface area (Å²) >= 11 is 0. The van der Waals surface area contributed by atoms with Crippen LogP contribution in [0.3, 0.4) is 0 Å². The molecule has 0 unspecified atom stereocenters. The third-order valence-corrected chi connectivity index (χ3v) is 12.0. The van der Waals surface area contributed by atoms with Gasteiger partial charge in [-0.1, -0.05) is 65.5 Å². The zero-order valence-corrected chi connectivity index (χ0v) is 25.8. The van der Waals surface area contributed by atoms with E-state index < -0.39 is 0 Å². The Hall–Kier alpha value is -1.81. The standard InChI is InChI=1S/C36H54O4/c1-24(2)7-6-8-25(3)31-15-16-32-30-14-11-27-23-29(17-19-35(27,4)33(30)18-20-36(31,32)5)40-34(38)26-9-12-28(13-10-26)39-22-21-37/h9-13,24-25,29-33,37H,6-8,14-23H2,1-5H3/t25-,29+,30+,31-,32+,33+,35+,36-/m1/s1. The molecule has 3 saturated carbocycles. The van der Waals surface area contributed by atoms with E-state index in [1.165, 1.54) is 51.4 Å². The van der Waals surface area contributed by atoms with Crippen LogP contribution in [0, 0.1) is 46.3 Å². The SMILES string of the molecule is CC(C)CCC[C@@H](C)[C@H]1CC[C@H]2[C@@H]3CC=C4C[C@@H](OC(=O)c5ccc(OCCO)cc5)CC[C@]4(C)[C@H]3CC[C@]12C. The monoisotopic (exact) mass is 550 g/mol. The number of aliphatic hydroxyl groups excluding tert-OH is 1. The summed E-state index contributed by atoms with van der Waals surface area (Å²) in [4.78, 5) is 12.9. The van der Waals surface area contributed by atoms with Crippen molar-refractivity contribution in [1.29, 1.82) is 0 Å². The molecule has 1 aromatic carbocycles. The lowest BCUT2D eigenvalue weighted by Gasteiger charge is -2.58. The maximum atomic E-state index is 12.9. The molecule has 0 amide bonds. The fourth-order valence-corrected chi connectivity index (χ4v) is 9.82. The van der Waals surface area contributed by atoms with Gasteiger partial charge in [-0.25, -0.2) is 4.79 Å². The van der Waals surface area contributed by atoms with Crippen LogP contribution in [0.1, 0.15) is 116 Å². The molecule has 40 heavy (non-hydrogen) atoms. The molecule has 4 heteroatoms. The second-order valence-electron chi connectivity index (χ2n) is 14.7. The summed E-state index contributed by atoms with van der Waals surface area (Å²) in [6.45, 7) is 12.7. The molecule has 4 aliphatic rings. The number of aliphatic hydroxyl groups is 1. The summed E-state index contributed by atoms with van der Waals surface area (Å²) in [6, 6.07) is 7.05. The Labute approximate surface area is 243 Å². The van der Waals surface area contributed by atoms with Crippen LogP contribution in [0.15, 0.2) is 35.9 Å². The molecule has 1 N–H and O–H groups in total. The molecule has 0 aliphatic heterocycles. The van der Waals surface area contributed by atoms with Crippen LogP contribution in [-0.4, -0.2) is 30.4 Å². The number of rotatable bonds is 10. The predicted molar refractivity (Wildman–Crippen MR) is 161 cm³/mol. The fraction of sp³-hybridized carbons (Fsp3) is 0.750. The number of carbonyl (C=O) groups is 1. The number of ether oxygens (including phenoxy) is 2. The van der Waals surface area contributed by atoms with Crippen molar-refractivity contribution in [1.82, 2.24) is 0 Å². The average Bonchev–Trinajstić information content (AvgIpc) is 3.29. The molecule has 8 atom stereocenters. The Morgan fingerprint density at radius 2 is 1.77 bits per heavy atom. The number of carbonyl (C=O) groups excluding carboxylic acids is 1. The molecule has 0 aromatic heterocycles. The summed E-state index contributed by atoms with van der Waals surface area (Å²) in [7, 11) is 0. The molecule has 4 nitrogen and oxygen atoms in total. The van der Waals surface area contributed by atoms with Crippen molar-refractivity contribution < 1.29 is 19.4 Å². The zero-order valence-electron chi connectivity index (χ0n) is 25.8. The van der Waals surface area contributed by atoms with E-state index in [-0.39, 0.29) is 30.7 Å². The van der Waals surface area contributed by atoms with Crippen molar-refractivity contribution in [2.75, 3.05) is 13.2 Å². The lowest BCUT2D eigenvalue weighted by Crippen LogP contribution is -2.51. The topological polar surface area (TPSA) is 55.8 Å². The minimum absolute atomic E-state index is 0.0277. The minimum atomic E-state index is -0.246. The highest BCUT2D eigenvalue weighted by Gasteiger charge is 2.59. The number of benzene rings is 1. The van der Waals surface area contributed by atoms with Gasteiger partial charge >= 0.3 is 5.97 Å². The number of esters is 1. The Kier molecular flexibility index (Phi) is 9.05. The van der Waals surface area contributed by atoms with Crippen molar-refractivity contribution in [3.63, 3.8) is 0 Å². The fourth-order valence-electron chi connectivity index (χ4n) is 9.82. The second-order valence-corrected chi connectivity index (χ2v) is 14.7. The van der Waals surface area contributed by atoms with Gasteiger partial charge in [-0.2, -0.15) is 0 Å². The normalized spacial score (nSPS) is 35.8. The van der Waals surface area contributed by atoms with E-state index in [9.17, 15) is 4.79 Å². The Balaban J connectivity index is 1.21. The first kappa shape index (κ1) is 29.7. The van der Waals surface area contributed by atoms with Gasteiger partial charge in [-0.15, -0.1) is 0 Å². The lowest BCUT2D eigenvalue weighted by molar-refractivity contribution is -0.0594. The molecule has 3 fully saturated rings. The molecule has 0 radical (unpaired) electrons. The highest BCUT2D eigenvalue weighted by atomic mass is 16.5. The van der Waals surface area contributed by atoms with E-state index in [1.54, 1.807) is 29.8 Å². The van der Waals surface area contributed by atoms with E-state index in [0.29, 0.717) is 16.7 Å². The number of hydrogen-bond donors (Lipinski definition) is 1. The Morgan fingerprint density at radius 3 is 2.50 bits per heavy atom. The first-order chi connectivity index (χ1) is 19.2. The van der Waals surface area contributed by atoms with Crippen molar-refractivity contribution >= 4 is 5.97 Å². The molecule has 0 heterocycles. The molecule has 5 rings (SSSR count). The van der Waals surface area contributed by atoms with Gasteiger partial charge in [0.05, 0.1) is 12.2 Å². The van der Waals surface area contributed by atoms with Crippen LogP contribution in [-0.2, 0) is 4.74 Å². The lowest BCUT2D eigenvalue weighted by atomic mass is 9.47. The summed E-state index contributed by atoms with van der Waals surface area (Å²) < 4.78 is 11.5. The van der Waals surface area contributed by atoms with Crippen molar-refractivity contribution in [2.24, 2.45) is 46.3 Å². The maximum Gasteiger partial charge on any atom is 0.338 e. The van der Waals surface area contributed by atoms with Crippen molar-refractivity contribution in [2.45, 2.75) is 111 Å². The van der Waals surface area contributed by atoms with E-state index in [0.717, 1.165) is 54.8 Å². The Morgan fingerprint density at radius 1 is 1.00 bits per heavy atom. The maximum absolute atomic E-state index is 12.9. The number of allylic oxidation sites excluding steroid dienone is 1. The summed E-state index contributed by atoms with van der Waals surface area (Å²) in [5.41, 5.74) is 2.90. The van der Waals surface area contributed by atoms with Crippen molar-refractivity contribution in [3.05, 3.63) is 41.5 Å². The highest BCUT2D eigenvalue weighted by Crippen LogP contribution is 2.67. The van der Waals surface area contributed by atoms with Gasteiger partial charge in [0.15, 0.2) is 0 Å². The van der Waals surface area contributed by atoms with Crippen LogP contribution in [0.5, 0.6) is 5.75 Å². The third-order valence-electron chi connectivity index (χ3n) is 12.0. The highest BCUT2D eigenvalue weighted by molar-refractivity contribution is 5.89. The quantitative estimate of drug-likeness (QED) is 0.234. The van der Waals surface area contributed by atoms with Crippen molar-refractivity contribution in [3.8, 4) is 5.75 Å². The largest absolute Gasteiger partial charge is 0.491 e. The first-order valence-corrected chi connectivity index (χ1v) is 16.4. The molecular formula is C36H54O4. The van der Waals surface area contributed by atoms with E-state index in [2.05, 4.69) is 40.7 Å². The van der Waals surface area contributed by atoms with Gasteiger partial charge in [-0.05, 0) is 116 Å². The van der Waals surface area contributed by atoms with Gasteiger partial charge in [0, 0.05) is 6.42 Å². The van der Waals surface area contributed by atoms with Crippen LogP contribution in [0.25, 0.3) is 0 Å². The van der Waals surface area contributed by atoms with E-state index in [4.69, 9.17) is 14.6 Å². The number of fused-ring (bicyclic) bond motifs is 5. The summed E-state index contributed by atoms with van der Waals surface area (Å²) in [5.74, 6) is 5.46. The minimum Gasteiger partial charge on any atom is -0.491 e.